The lowest BCUT2D eigenvalue weighted by Gasteiger charge is -2.00. The molecule has 0 bridgehead atoms. The summed E-state index contributed by atoms with van der Waals surface area (Å²) >= 11 is 0. The fourth-order valence-corrected chi connectivity index (χ4v) is 1.17. The maximum Gasteiger partial charge on any atom is 0.331 e. The van der Waals surface area contributed by atoms with Crippen LogP contribution in [0.4, 0.5) is 0 Å². The molecule has 1 aromatic rings. The van der Waals surface area contributed by atoms with Gasteiger partial charge in [-0.15, -0.1) is 0 Å². The van der Waals surface area contributed by atoms with Gasteiger partial charge in [0.1, 0.15) is 6.61 Å². The van der Waals surface area contributed by atoms with Crippen LogP contribution in [0, 0.1) is 0 Å². The van der Waals surface area contributed by atoms with Crippen molar-refractivity contribution in [2.45, 2.75) is 6.61 Å². The van der Waals surface area contributed by atoms with Crippen molar-refractivity contribution >= 4 is 5.97 Å². The maximum atomic E-state index is 10.1. The van der Waals surface area contributed by atoms with Crippen molar-refractivity contribution in [3.8, 4) is 0 Å². The Labute approximate surface area is 106 Å². The molecule has 4 nitrogen and oxygen atoms in total. The molecule has 0 amide bonds. The van der Waals surface area contributed by atoms with Crippen LogP contribution in [0.1, 0.15) is 5.56 Å². The van der Waals surface area contributed by atoms with Gasteiger partial charge in [0.05, 0.1) is 25.6 Å². The third-order valence-corrected chi connectivity index (χ3v) is 1.99. The lowest BCUT2D eigenvalue weighted by atomic mass is 10.2. The summed E-state index contributed by atoms with van der Waals surface area (Å²) in [4.78, 5) is 10.1. The average molecular weight is 248 g/mol. The van der Waals surface area contributed by atoms with E-state index in [1.165, 1.54) is 0 Å². The van der Waals surface area contributed by atoms with E-state index in [0.29, 0.717) is 19.8 Å². The minimum Gasteiger partial charge on any atom is -0.497 e. The van der Waals surface area contributed by atoms with Gasteiger partial charge in [-0.3, -0.25) is 0 Å². The van der Waals surface area contributed by atoms with Crippen LogP contribution < -0.4 is 0 Å². The van der Waals surface area contributed by atoms with Crippen LogP contribution in [-0.2, 0) is 20.9 Å². The van der Waals surface area contributed by atoms with E-state index in [2.05, 4.69) is 0 Å². The molecule has 1 aromatic carbocycles. The summed E-state index contributed by atoms with van der Waals surface area (Å²) in [7, 11) is 0. The Hall–Kier alpha value is -2.07. The average Bonchev–Trinajstić information content (AvgIpc) is 2.37. The molecule has 4 heteroatoms. The number of benzene rings is 1. The molecule has 0 aliphatic rings. The van der Waals surface area contributed by atoms with Gasteiger partial charge in [-0.25, -0.2) is 4.79 Å². The summed E-state index contributed by atoms with van der Waals surface area (Å²) in [6, 6.07) is 9.91. The highest BCUT2D eigenvalue weighted by atomic mass is 16.5. The molecule has 0 saturated heterocycles. The van der Waals surface area contributed by atoms with Crippen molar-refractivity contribution in [3.05, 3.63) is 60.4 Å². The topological polar surface area (TPSA) is 55.8 Å². The number of aliphatic carboxylic acids is 1. The summed E-state index contributed by atoms with van der Waals surface area (Å²) in [5.74, 6) is -1.02. The predicted octanol–water partition coefficient (Wildman–Crippen LogP) is 2.37. The van der Waals surface area contributed by atoms with Crippen LogP contribution in [0.2, 0.25) is 0 Å². The summed E-state index contributed by atoms with van der Waals surface area (Å²) in [5.41, 5.74) is 1.13. The molecular formula is C14H16O4. The summed E-state index contributed by atoms with van der Waals surface area (Å²) in [6.45, 7) is 1.41. The monoisotopic (exact) mass is 248 g/mol. The highest BCUT2D eigenvalue weighted by molar-refractivity contribution is 5.79. The second kappa shape index (κ2) is 9.01. The molecular weight excluding hydrogens is 232 g/mol. The number of ether oxygens (including phenoxy) is 2. The number of carboxylic acid groups (broad SMARTS) is 1. The largest absolute Gasteiger partial charge is 0.497 e. The molecule has 0 heterocycles. The molecule has 96 valence electrons. The van der Waals surface area contributed by atoms with Crippen LogP contribution in [0.15, 0.2) is 54.8 Å². The molecule has 0 aliphatic heterocycles. The maximum absolute atomic E-state index is 10.1. The summed E-state index contributed by atoms with van der Waals surface area (Å²) < 4.78 is 10.3. The molecule has 0 aromatic heterocycles. The summed E-state index contributed by atoms with van der Waals surface area (Å²) in [6.07, 6.45) is 5.70. The lowest BCUT2D eigenvalue weighted by Crippen LogP contribution is -1.93. The van der Waals surface area contributed by atoms with Gasteiger partial charge in [-0.1, -0.05) is 36.4 Å². The van der Waals surface area contributed by atoms with Crippen molar-refractivity contribution in [2.24, 2.45) is 0 Å². The zero-order valence-corrected chi connectivity index (χ0v) is 9.99. The Kier molecular flexibility index (Phi) is 7.01. The Morgan fingerprint density at radius 2 is 1.89 bits per heavy atom. The minimum absolute atomic E-state index is 0.332. The fourth-order valence-electron chi connectivity index (χ4n) is 1.17. The van der Waals surface area contributed by atoms with E-state index in [1.54, 1.807) is 6.08 Å². The van der Waals surface area contributed by atoms with Gasteiger partial charge < -0.3 is 14.6 Å². The van der Waals surface area contributed by atoms with E-state index in [1.807, 2.05) is 36.4 Å². The Balaban J connectivity index is 2.02. The first-order valence-electron chi connectivity index (χ1n) is 5.57. The fraction of sp³-hybridized carbons (Fsp3) is 0.214. The van der Waals surface area contributed by atoms with Crippen LogP contribution in [0.5, 0.6) is 0 Å². The van der Waals surface area contributed by atoms with Crippen molar-refractivity contribution in [3.63, 3.8) is 0 Å². The van der Waals surface area contributed by atoms with E-state index in [0.717, 1.165) is 17.9 Å². The van der Waals surface area contributed by atoms with Crippen LogP contribution in [0.25, 0.3) is 0 Å². The van der Waals surface area contributed by atoms with E-state index in [4.69, 9.17) is 14.6 Å². The van der Waals surface area contributed by atoms with Crippen LogP contribution in [0.3, 0.4) is 0 Å². The SMILES string of the molecule is O=C(O)/C=C/OC/C=C\COCc1ccccc1. The number of hydrogen-bond acceptors (Lipinski definition) is 3. The minimum atomic E-state index is -1.02. The normalized spacial score (nSPS) is 11.1. The first-order valence-corrected chi connectivity index (χ1v) is 5.57. The molecule has 0 saturated carbocycles. The zero-order valence-electron chi connectivity index (χ0n) is 9.99. The third-order valence-electron chi connectivity index (χ3n) is 1.99. The number of carbonyl (C=O) groups is 1. The van der Waals surface area contributed by atoms with Gasteiger partial charge in [-0.05, 0) is 11.6 Å². The number of carboxylic acids is 1. The van der Waals surface area contributed by atoms with E-state index in [9.17, 15) is 4.79 Å². The number of rotatable bonds is 8. The predicted molar refractivity (Wildman–Crippen MR) is 68.0 cm³/mol. The van der Waals surface area contributed by atoms with Gasteiger partial charge in [0.25, 0.3) is 0 Å². The Morgan fingerprint density at radius 1 is 1.17 bits per heavy atom. The molecule has 0 fully saturated rings. The Morgan fingerprint density at radius 3 is 2.61 bits per heavy atom. The summed E-state index contributed by atoms with van der Waals surface area (Å²) in [5, 5.41) is 8.29. The highest BCUT2D eigenvalue weighted by Crippen LogP contribution is 1.99. The van der Waals surface area contributed by atoms with Crippen molar-refractivity contribution < 1.29 is 19.4 Å². The van der Waals surface area contributed by atoms with E-state index < -0.39 is 5.97 Å². The quantitative estimate of drug-likeness (QED) is 0.332. The molecule has 0 atom stereocenters. The van der Waals surface area contributed by atoms with Crippen molar-refractivity contribution in [1.29, 1.82) is 0 Å². The first-order chi connectivity index (χ1) is 8.79. The van der Waals surface area contributed by atoms with Crippen molar-refractivity contribution in [1.82, 2.24) is 0 Å². The highest BCUT2D eigenvalue weighted by Gasteiger charge is 1.89. The molecule has 1 N–H and O–H groups in total. The van der Waals surface area contributed by atoms with Gasteiger partial charge in [0.15, 0.2) is 0 Å². The van der Waals surface area contributed by atoms with Crippen molar-refractivity contribution in [2.75, 3.05) is 13.2 Å². The molecule has 0 spiro atoms. The van der Waals surface area contributed by atoms with Gasteiger partial charge in [-0.2, -0.15) is 0 Å². The second-order valence-corrected chi connectivity index (χ2v) is 3.45. The molecule has 1 rings (SSSR count). The zero-order chi connectivity index (χ0) is 13.1. The Bertz CT molecular complexity index is 396. The second-order valence-electron chi connectivity index (χ2n) is 3.45. The molecule has 18 heavy (non-hydrogen) atoms. The van der Waals surface area contributed by atoms with E-state index >= 15 is 0 Å². The molecule has 0 radical (unpaired) electrons. The van der Waals surface area contributed by atoms with Crippen LogP contribution >= 0.6 is 0 Å². The standard InChI is InChI=1S/C14H16O4/c15-14(16)8-11-17-9-4-5-10-18-12-13-6-2-1-3-7-13/h1-8,11H,9-10,12H2,(H,15,16)/b5-4-,11-8+. The molecule has 0 unspecified atom stereocenters. The molecule has 0 aliphatic carbocycles. The lowest BCUT2D eigenvalue weighted by molar-refractivity contribution is -0.131. The third kappa shape index (κ3) is 7.24. The van der Waals surface area contributed by atoms with Gasteiger partial charge in [0, 0.05) is 0 Å². The smallest absolute Gasteiger partial charge is 0.331 e. The first kappa shape index (κ1) is 14.0. The van der Waals surface area contributed by atoms with Gasteiger partial charge >= 0.3 is 5.97 Å². The number of hydrogen-bond donors (Lipinski definition) is 1. The van der Waals surface area contributed by atoms with E-state index in [-0.39, 0.29) is 0 Å². The van der Waals surface area contributed by atoms with Gasteiger partial charge in [0.2, 0.25) is 0 Å². The van der Waals surface area contributed by atoms with Crippen LogP contribution in [-0.4, -0.2) is 24.3 Å².